The van der Waals surface area contributed by atoms with Gasteiger partial charge >= 0.3 is 0 Å². The monoisotopic (exact) mass is 315 g/mol. The summed E-state index contributed by atoms with van der Waals surface area (Å²) in [6.07, 6.45) is 2.30. The summed E-state index contributed by atoms with van der Waals surface area (Å²) in [5, 5.41) is 0.601. The van der Waals surface area contributed by atoms with Gasteiger partial charge in [-0.1, -0.05) is 42.1 Å². The predicted molar refractivity (Wildman–Crippen MR) is 86.9 cm³/mol. The van der Waals surface area contributed by atoms with E-state index in [0.717, 1.165) is 5.56 Å². The van der Waals surface area contributed by atoms with Gasteiger partial charge in [0.05, 0.1) is 13.2 Å². The third-order valence-corrected chi connectivity index (χ3v) is 4.40. The van der Waals surface area contributed by atoms with Gasteiger partial charge in [-0.05, 0) is 11.8 Å². The lowest BCUT2D eigenvalue weighted by molar-refractivity contribution is 0.0961. The zero-order valence-corrected chi connectivity index (χ0v) is 13.6. The summed E-state index contributed by atoms with van der Waals surface area (Å²) in [4.78, 5) is 23.5. The molecule has 0 amide bonds. The molecule has 2 aromatic rings. The smallest absolute Gasteiger partial charge is 0.230 e. The number of carbonyl (C=O) groups is 1. The maximum atomic E-state index is 12.6. The second kappa shape index (κ2) is 5.96. The van der Waals surface area contributed by atoms with Gasteiger partial charge < -0.3 is 9.64 Å². The first kappa shape index (κ1) is 14.8. The Morgan fingerprint density at radius 3 is 2.64 bits per heavy atom. The Kier molecular flexibility index (Phi) is 4.02. The van der Waals surface area contributed by atoms with E-state index in [4.69, 9.17) is 4.74 Å². The first-order chi connectivity index (χ1) is 10.7. The fourth-order valence-electron chi connectivity index (χ4n) is 2.73. The molecule has 2 heterocycles. The molecule has 0 N–H and O–H groups in total. The van der Waals surface area contributed by atoms with Gasteiger partial charge in [0.2, 0.25) is 5.88 Å². The van der Waals surface area contributed by atoms with E-state index < -0.39 is 0 Å². The van der Waals surface area contributed by atoms with Gasteiger partial charge in [-0.2, -0.15) is 4.98 Å². The summed E-state index contributed by atoms with van der Waals surface area (Å²) in [7, 11) is 3.49. The number of benzene rings is 1. The summed E-state index contributed by atoms with van der Waals surface area (Å²) < 4.78 is 5.30. The predicted octanol–water partition coefficient (Wildman–Crippen LogP) is 2.97. The van der Waals surface area contributed by atoms with Crippen LogP contribution in [0.4, 0.5) is 5.82 Å². The fraction of sp³-hybridized carbons (Fsp3) is 0.312. The summed E-state index contributed by atoms with van der Waals surface area (Å²) in [6.45, 7) is 0. The van der Waals surface area contributed by atoms with Crippen molar-refractivity contribution in [1.29, 1.82) is 0 Å². The van der Waals surface area contributed by atoms with Crippen LogP contribution in [0.15, 0.2) is 35.5 Å². The highest BCUT2D eigenvalue weighted by Gasteiger charge is 2.35. The molecule has 114 valence electrons. The number of aromatic nitrogens is 2. The average molecular weight is 315 g/mol. The molecule has 5 nitrogen and oxygen atoms in total. The van der Waals surface area contributed by atoms with Gasteiger partial charge in [0, 0.05) is 13.5 Å². The molecular formula is C16H17N3O2S. The molecular weight excluding hydrogens is 298 g/mol. The second-order valence-electron chi connectivity index (χ2n) is 5.08. The third-order valence-electron chi connectivity index (χ3n) is 3.86. The van der Waals surface area contributed by atoms with E-state index in [1.807, 2.05) is 48.5 Å². The number of methoxy groups -OCH3 is 1. The Labute approximate surface area is 133 Å². The van der Waals surface area contributed by atoms with E-state index in [9.17, 15) is 4.79 Å². The standard InChI is InChI=1S/C16H17N3O2S/c1-19-11(10-7-5-4-6-8-10)9-12(20)13-14(19)17-16(22-3)18-15(13)21-2/h4-8,11H,9H2,1-3H3. The van der Waals surface area contributed by atoms with Crippen molar-refractivity contribution in [3.63, 3.8) is 0 Å². The summed E-state index contributed by atoms with van der Waals surface area (Å²) >= 11 is 1.43. The minimum absolute atomic E-state index is 0.0180. The number of nitrogens with zero attached hydrogens (tertiary/aromatic N) is 3. The van der Waals surface area contributed by atoms with Crippen LogP contribution in [0.5, 0.6) is 5.88 Å². The van der Waals surface area contributed by atoms with Crippen LogP contribution in [0, 0.1) is 0 Å². The largest absolute Gasteiger partial charge is 0.480 e. The van der Waals surface area contributed by atoms with Gasteiger partial charge in [0.15, 0.2) is 10.9 Å². The Hall–Kier alpha value is -2.08. The maximum absolute atomic E-state index is 12.6. The summed E-state index contributed by atoms with van der Waals surface area (Å²) in [5.74, 6) is 1.02. The molecule has 1 aliphatic rings. The van der Waals surface area contributed by atoms with Crippen LogP contribution in [-0.4, -0.2) is 36.2 Å². The summed E-state index contributed by atoms with van der Waals surface area (Å²) in [5.41, 5.74) is 1.59. The molecule has 1 aromatic carbocycles. The van der Waals surface area contributed by atoms with Crippen molar-refractivity contribution < 1.29 is 9.53 Å². The Morgan fingerprint density at radius 2 is 2.00 bits per heavy atom. The van der Waals surface area contributed by atoms with Crippen molar-refractivity contribution >= 4 is 23.4 Å². The average Bonchev–Trinajstić information content (AvgIpc) is 2.57. The molecule has 0 fully saturated rings. The quantitative estimate of drug-likeness (QED) is 0.641. The molecule has 1 atom stereocenters. The number of Topliss-reactive ketones (excluding diaryl/α,β-unsaturated/α-hetero) is 1. The van der Waals surface area contributed by atoms with E-state index >= 15 is 0 Å². The highest BCUT2D eigenvalue weighted by Crippen LogP contribution is 2.40. The first-order valence-corrected chi connectivity index (χ1v) is 8.19. The molecule has 0 aliphatic carbocycles. The lowest BCUT2D eigenvalue weighted by Gasteiger charge is -2.34. The molecule has 1 aromatic heterocycles. The molecule has 3 rings (SSSR count). The van der Waals surface area contributed by atoms with Crippen molar-refractivity contribution in [2.45, 2.75) is 17.6 Å². The van der Waals surface area contributed by atoms with Crippen LogP contribution >= 0.6 is 11.8 Å². The Balaban J connectivity index is 2.12. The van der Waals surface area contributed by atoms with Crippen molar-refractivity contribution in [2.75, 3.05) is 25.3 Å². The van der Waals surface area contributed by atoms with E-state index in [1.165, 1.54) is 18.9 Å². The van der Waals surface area contributed by atoms with Crippen LogP contribution in [0.25, 0.3) is 0 Å². The number of hydrogen-bond donors (Lipinski definition) is 0. The molecule has 0 bridgehead atoms. The zero-order chi connectivity index (χ0) is 15.7. The van der Waals surface area contributed by atoms with E-state index in [-0.39, 0.29) is 11.8 Å². The molecule has 0 saturated heterocycles. The Bertz CT molecular complexity index is 706. The number of rotatable bonds is 3. The van der Waals surface area contributed by atoms with Crippen LogP contribution < -0.4 is 9.64 Å². The number of carbonyl (C=O) groups excluding carboxylic acids is 1. The van der Waals surface area contributed by atoms with Crippen molar-refractivity contribution in [3.05, 3.63) is 41.5 Å². The van der Waals surface area contributed by atoms with E-state index in [0.29, 0.717) is 28.8 Å². The number of hydrogen-bond acceptors (Lipinski definition) is 6. The van der Waals surface area contributed by atoms with Crippen molar-refractivity contribution in [3.8, 4) is 5.88 Å². The van der Waals surface area contributed by atoms with Gasteiger partial charge in [0.25, 0.3) is 0 Å². The first-order valence-electron chi connectivity index (χ1n) is 6.96. The van der Waals surface area contributed by atoms with Crippen LogP contribution in [0.2, 0.25) is 0 Å². The second-order valence-corrected chi connectivity index (χ2v) is 5.86. The topological polar surface area (TPSA) is 55.3 Å². The molecule has 0 radical (unpaired) electrons. The number of ketones is 1. The summed E-state index contributed by atoms with van der Waals surface area (Å²) in [6, 6.07) is 9.99. The highest BCUT2D eigenvalue weighted by molar-refractivity contribution is 7.98. The lowest BCUT2D eigenvalue weighted by atomic mass is 9.93. The third kappa shape index (κ3) is 2.43. The van der Waals surface area contributed by atoms with Crippen molar-refractivity contribution in [2.24, 2.45) is 0 Å². The van der Waals surface area contributed by atoms with Gasteiger partial charge in [0.1, 0.15) is 11.4 Å². The molecule has 0 spiro atoms. The minimum Gasteiger partial charge on any atom is -0.480 e. The Morgan fingerprint density at radius 1 is 1.27 bits per heavy atom. The normalized spacial score (nSPS) is 17.3. The SMILES string of the molecule is COc1nc(SC)nc2c1C(=O)CC(c1ccccc1)N2C. The molecule has 0 saturated carbocycles. The van der Waals surface area contributed by atoms with E-state index in [2.05, 4.69) is 9.97 Å². The van der Waals surface area contributed by atoms with Gasteiger partial charge in [-0.15, -0.1) is 0 Å². The molecule has 22 heavy (non-hydrogen) atoms. The number of fused-ring (bicyclic) bond motifs is 1. The number of ether oxygens (including phenoxy) is 1. The maximum Gasteiger partial charge on any atom is 0.230 e. The minimum atomic E-state index is -0.0180. The number of anilines is 1. The lowest BCUT2D eigenvalue weighted by Crippen LogP contribution is -2.34. The molecule has 6 heteroatoms. The van der Waals surface area contributed by atoms with Crippen molar-refractivity contribution in [1.82, 2.24) is 9.97 Å². The van der Waals surface area contributed by atoms with E-state index in [1.54, 1.807) is 0 Å². The zero-order valence-electron chi connectivity index (χ0n) is 12.7. The fourth-order valence-corrected chi connectivity index (χ4v) is 3.08. The number of thioether (sulfide) groups is 1. The molecule has 1 aliphatic heterocycles. The van der Waals surface area contributed by atoms with Gasteiger partial charge in [-0.3, -0.25) is 4.79 Å². The highest BCUT2D eigenvalue weighted by atomic mass is 32.2. The van der Waals surface area contributed by atoms with Crippen LogP contribution in [0.3, 0.4) is 0 Å². The molecule has 1 unspecified atom stereocenters. The van der Waals surface area contributed by atoms with Crippen LogP contribution in [0.1, 0.15) is 28.4 Å². The van der Waals surface area contributed by atoms with Gasteiger partial charge in [-0.25, -0.2) is 4.98 Å². The van der Waals surface area contributed by atoms with Crippen LogP contribution in [-0.2, 0) is 0 Å².